The number of carbonyl (C=O) groups excluding carboxylic acids is 1. The number of ether oxygens (including phenoxy) is 1. The number of aromatic amines is 1. The van der Waals surface area contributed by atoms with E-state index in [1.807, 2.05) is 45.0 Å². The van der Waals surface area contributed by atoms with Gasteiger partial charge in [-0.2, -0.15) is 0 Å². The lowest BCUT2D eigenvalue weighted by Crippen LogP contribution is -2.46. The molecule has 2 aromatic rings. The van der Waals surface area contributed by atoms with Crippen LogP contribution < -0.4 is 10.1 Å². The van der Waals surface area contributed by atoms with Crippen LogP contribution in [-0.4, -0.2) is 34.8 Å². The summed E-state index contributed by atoms with van der Waals surface area (Å²) in [5.41, 5.74) is 0.984. The third-order valence-corrected chi connectivity index (χ3v) is 4.01. The van der Waals surface area contributed by atoms with Crippen molar-refractivity contribution in [2.24, 2.45) is 0 Å². The average Bonchev–Trinajstić information content (AvgIpc) is 2.91. The van der Waals surface area contributed by atoms with Crippen LogP contribution in [0.15, 0.2) is 24.3 Å². The molecule has 1 atom stereocenters. The van der Waals surface area contributed by atoms with Crippen molar-refractivity contribution in [3.05, 3.63) is 30.0 Å². The van der Waals surface area contributed by atoms with E-state index in [0.717, 1.165) is 23.1 Å². The van der Waals surface area contributed by atoms with Gasteiger partial charge in [0, 0.05) is 29.1 Å². The monoisotopic (exact) mass is 304 g/mol. The van der Waals surface area contributed by atoms with Crippen LogP contribution in [0.3, 0.4) is 0 Å². The summed E-state index contributed by atoms with van der Waals surface area (Å²) in [7, 11) is 0. The molecule has 5 heteroatoms. The third kappa shape index (κ3) is 3.60. The molecule has 22 heavy (non-hydrogen) atoms. The second-order valence-electron chi connectivity index (χ2n) is 5.71. The van der Waals surface area contributed by atoms with Crippen LogP contribution in [0.25, 0.3) is 10.9 Å². The molecule has 0 radical (unpaired) electrons. The Balaban J connectivity index is 2.21. The molecule has 1 aromatic heterocycles. The SMILES string of the molecule is CCOc1ccc2cc(C(=O)NC(C)(CC)CCO)[nH]c2c1. The molecular formula is C17H24N2O3. The van der Waals surface area contributed by atoms with E-state index in [0.29, 0.717) is 18.7 Å². The second kappa shape index (κ2) is 6.83. The smallest absolute Gasteiger partial charge is 0.268 e. The Kier molecular flexibility index (Phi) is 5.08. The third-order valence-electron chi connectivity index (χ3n) is 4.01. The lowest BCUT2D eigenvalue weighted by molar-refractivity contribution is 0.0882. The fourth-order valence-corrected chi connectivity index (χ4v) is 2.40. The number of nitrogens with one attached hydrogen (secondary N) is 2. The van der Waals surface area contributed by atoms with Crippen LogP contribution in [0.2, 0.25) is 0 Å². The standard InChI is InChI=1S/C17H24N2O3/c1-4-17(3,8-9-20)19-16(21)15-10-12-6-7-13(22-5-2)11-14(12)18-15/h6-7,10-11,18,20H,4-5,8-9H2,1-3H3,(H,19,21). The highest BCUT2D eigenvalue weighted by molar-refractivity contribution is 5.98. The van der Waals surface area contributed by atoms with Crippen molar-refractivity contribution in [1.29, 1.82) is 0 Å². The minimum Gasteiger partial charge on any atom is -0.494 e. The normalized spacial score (nSPS) is 13.8. The van der Waals surface area contributed by atoms with E-state index in [9.17, 15) is 4.79 Å². The van der Waals surface area contributed by atoms with Crippen molar-refractivity contribution in [2.45, 2.75) is 39.2 Å². The highest BCUT2D eigenvalue weighted by Crippen LogP contribution is 2.22. The van der Waals surface area contributed by atoms with E-state index in [1.165, 1.54) is 0 Å². The van der Waals surface area contributed by atoms with Gasteiger partial charge in [0.25, 0.3) is 5.91 Å². The van der Waals surface area contributed by atoms with E-state index in [1.54, 1.807) is 0 Å². The lowest BCUT2D eigenvalue weighted by atomic mass is 9.95. The number of rotatable bonds is 7. The first kappa shape index (κ1) is 16.4. The molecule has 0 saturated carbocycles. The fraction of sp³-hybridized carbons (Fsp3) is 0.471. The summed E-state index contributed by atoms with van der Waals surface area (Å²) < 4.78 is 5.47. The number of benzene rings is 1. The summed E-state index contributed by atoms with van der Waals surface area (Å²) in [6, 6.07) is 7.54. The van der Waals surface area contributed by atoms with Crippen molar-refractivity contribution < 1.29 is 14.6 Å². The quantitative estimate of drug-likeness (QED) is 0.736. The van der Waals surface area contributed by atoms with Crippen molar-refractivity contribution in [2.75, 3.05) is 13.2 Å². The van der Waals surface area contributed by atoms with E-state index in [4.69, 9.17) is 9.84 Å². The molecule has 2 rings (SSSR count). The minimum absolute atomic E-state index is 0.0506. The highest BCUT2D eigenvalue weighted by Gasteiger charge is 2.24. The van der Waals surface area contributed by atoms with Crippen LogP contribution in [0.1, 0.15) is 44.1 Å². The lowest BCUT2D eigenvalue weighted by Gasteiger charge is -2.28. The van der Waals surface area contributed by atoms with E-state index < -0.39 is 5.54 Å². The van der Waals surface area contributed by atoms with Crippen LogP contribution in [0.4, 0.5) is 0 Å². The van der Waals surface area contributed by atoms with Crippen molar-refractivity contribution in [1.82, 2.24) is 10.3 Å². The number of fused-ring (bicyclic) bond motifs is 1. The number of carbonyl (C=O) groups is 1. The van der Waals surface area contributed by atoms with Crippen LogP contribution in [0, 0.1) is 0 Å². The van der Waals surface area contributed by atoms with Gasteiger partial charge in [-0.15, -0.1) is 0 Å². The molecule has 120 valence electrons. The minimum atomic E-state index is -0.403. The molecule has 0 aliphatic carbocycles. The highest BCUT2D eigenvalue weighted by atomic mass is 16.5. The molecule has 1 aromatic carbocycles. The molecule has 0 aliphatic rings. The maximum atomic E-state index is 12.4. The predicted octanol–water partition coefficient (Wildman–Crippen LogP) is 2.85. The van der Waals surface area contributed by atoms with Crippen molar-refractivity contribution in [3.8, 4) is 5.75 Å². The Morgan fingerprint density at radius 2 is 2.14 bits per heavy atom. The van der Waals surface area contributed by atoms with Crippen molar-refractivity contribution in [3.63, 3.8) is 0 Å². The number of aromatic nitrogens is 1. The number of aliphatic hydroxyl groups excluding tert-OH is 1. The number of amides is 1. The Morgan fingerprint density at radius 3 is 2.77 bits per heavy atom. The molecule has 5 nitrogen and oxygen atoms in total. The first-order valence-electron chi connectivity index (χ1n) is 7.70. The van der Waals surface area contributed by atoms with Crippen LogP contribution in [0.5, 0.6) is 5.75 Å². The maximum absolute atomic E-state index is 12.4. The van der Waals surface area contributed by atoms with Crippen molar-refractivity contribution >= 4 is 16.8 Å². The Labute approximate surface area is 130 Å². The molecule has 0 fully saturated rings. The molecule has 3 N–H and O–H groups in total. The topological polar surface area (TPSA) is 74.3 Å². The van der Waals surface area contributed by atoms with Gasteiger partial charge in [-0.3, -0.25) is 4.79 Å². The predicted molar refractivity (Wildman–Crippen MR) is 87.3 cm³/mol. The van der Waals surface area contributed by atoms with Gasteiger partial charge in [0.15, 0.2) is 0 Å². The van der Waals surface area contributed by atoms with Crippen LogP contribution in [-0.2, 0) is 0 Å². The van der Waals surface area contributed by atoms with Gasteiger partial charge in [-0.1, -0.05) is 6.92 Å². The van der Waals surface area contributed by atoms with Gasteiger partial charge in [-0.25, -0.2) is 0 Å². The largest absolute Gasteiger partial charge is 0.494 e. The Hall–Kier alpha value is -2.01. The fourth-order valence-electron chi connectivity index (χ4n) is 2.40. The molecule has 1 unspecified atom stereocenters. The number of hydrogen-bond acceptors (Lipinski definition) is 3. The van der Waals surface area contributed by atoms with E-state index in [-0.39, 0.29) is 12.5 Å². The molecule has 0 saturated heterocycles. The summed E-state index contributed by atoms with van der Waals surface area (Å²) in [4.78, 5) is 15.5. The first-order chi connectivity index (χ1) is 10.5. The zero-order chi connectivity index (χ0) is 16.2. The first-order valence-corrected chi connectivity index (χ1v) is 7.70. The van der Waals surface area contributed by atoms with Gasteiger partial charge < -0.3 is 20.1 Å². The molecule has 0 bridgehead atoms. The van der Waals surface area contributed by atoms with Gasteiger partial charge in [0.2, 0.25) is 0 Å². The van der Waals surface area contributed by atoms with Gasteiger partial charge in [0.05, 0.1) is 6.61 Å². The second-order valence-corrected chi connectivity index (χ2v) is 5.71. The number of aliphatic hydroxyl groups is 1. The summed E-state index contributed by atoms with van der Waals surface area (Å²) in [6.45, 7) is 6.53. The average molecular weight is 304 g/mol. The molecule has 0 aliphatic heterocycles. The van der Waals surface area contributed by atoms with Gasteiger partial charge in [-0.05, 0) is 44.9 Å². The number of hydrogen-bond donors (Lipinski definition) is 3. The molecule has 1 heterocycles. The molecule has 1 amide bonds. The zero-order valence-electron chi connectivity index (χ0n) is 13.4. The summed E-state index contributed by atoms with van der Waals surface area (Å²) in [5, 5.41) is 13.1. The van der Waals surface area contributed by atoms with Gasteiger partial charge in [0.1, 0.15) is 11.4 Å². The zero-order valence-corrected chi connectivity index (χ0v) is 13.4. The summed E-state index contributed by atoms with van der Waals surface area (Å²) in [5.74, 6) is 0.620. The van der Waals surface area contributed by atoms with E-state index in [2.05, 4.69) is 10.3 Å². The van der Waals surface area contributed by atoms with Gasteiger partial charge >= 0.3 is 0 Å². The van der Waals surface area contributed by atoms with Crippen LogP contribution >= 0.6 is 0 Å². The maximum Gasteiger partial charge on any atom is 0.268 e. The van der Waals surface area contributed by atoms with E-state index >= 15 is 0 Å². The Bertz CT molecular complexity index is 650. The number of H-pyrrole nitrogens is 1. The Morgan fingerprint density at radius 1 is 1.36 bits per heavy atom. The molecule has 0 spiro atoms. The summed E-state index contributed by atoms with van der Waals surface area (Å²) >= 11 is 0. The molecular weight excluding hydrogens is 280 g/mol. The summed E-state index contributed by atoms with van der Waals surface area (Å²) in [6.07, 6.45) is 1.29.